The number of hydrogen-bond donors (Lipinski definition) is 0. The van der Waals surface area contributed by atoms with Crippen molar-refractivity contribution in [1.82, 2.24) is 9.97 Å². The summed E-state index contributed by atoms with van der Waals surface area (Å²) < 4.78 is 5.21. The highest BCUT2D eigenvalue weighted by molar-refractivity contribution is 5.79. The van der Waals surface area contributed by atoms with E-state index in [9.17, 15) is 4.79 Å². The smallest absolute Gasteiger partial charge is 0.308 e. The summed E-state index contributed by atoms with van der Waals surface area (Å²) in [5.41, 5.74) is 3.07. The zero-order valence-corrected chi connectivity index (χ0v) is 10.9. The average molecular weight is 264 g/mol. The summed E-state index contributed by atoms with van der Waals surface area (Å²) in [6, 6.07) is 14.9. The Kier molecular flexibility index (Phi) is 3.13. The van der Waals surface area contributed by atoms with Crippen molar-refractivity contribution in [2.75, 3.05) is 0 Å². The topological polar surface area (TPSA) is 52.1 Å². The van der Waals surface area contributed by atoms with E-state index in [0.717, 1.165) is 16.6 Å². The second-order valence-corrected chi connectivity index (χ2v) is 4.33. The Bertz CT molecular complexity index is 784. The van der Waals surface area contributed by atoms with Gasteiger partial charge in [0.2, 0.25) is 0 Å². The van der Waals surface area contributed by atoms with Crippen LogP contribution >= 0.6 is 0 Å². The number of hydrogen-bond acceptors (Lipinski definition) is 4. The van der Waals surface area contributed by atoms with E-state index in [-0.39, 0.29) is 5.97 Å². The lowest BCUT2D eigenvalue weighted by atomic mass is 10.1. The molecule has 4 heteroatoms. The molecule has 1 aromatic heterocycles. The first-order valence-electron chi connectivity index (χ1n) is 6.23. The summed E-state index contributed by atoms with van der Waals surface area (Å²) in [6.45, 7) is 1.38. The Balaban J connectivity index is 2.13. The van der Waals surface area contributed by atoms with E-state index in [1.807, 2.05) is 42.5 Å². The summed E-state index contributed by atoms with van der Waals surface area (Å²) in [7, 11) is 0. The van der Waals surface area contributed by atoms with E-state index in [4.69, 9.17) is 4.74 Å². The first-order chi connectivity index (χ1) is 9.74. The fourth-order valence-electron chi connectivity index (χ4n) is 2.01. The quantitative estimate of drug-likeness (QED) is 0.526. The number of fused-ring (bicyclic) bond motifs is 1. The molecule has 0 unspecified atom stereocenters. The van der Waals surface area contributed by atoms with Crippen LogP contribution < -0.4 is 4.74 Å². The molecule has 3 rings (SSSR count). The van der Waals surface area contributed by atoms with Gasteiger partial charge >= 0.3 is 5.97 Å². The molecule has 98 valence electrons. The van der Waals surface area contributed by atoms with Crippen LogP contribution in [0.5, 0.6) is 5.75 Å². The van der Waals surface area contributed by atoms with Crippen LogP contribution in [0.3, 0.4) is 0 Å². The third-order valence-electron chi connectivity index (χ3n) is 2.87. The monoisotopic (exact) mass is 264 g/mol. The minimum Gasteiger partial charge on any atom is -0.426 e. The predicted octanol–water partition coefficient (Wildman–Crippen LogP) is 3.22. The van der Waals surface area contributed by atoms with E-state index in [0.29, 0.717) is 11.4 Å². The number of ether oxygens (including phenoxy) is 1. The van der Waals surface area contributed by atoms with Crippen LogP contribution in [0.4, 0.5) is 0 Å². The Hall–Kier alpha value is -2.75. The fraction of sp³-hybridized carbons (Fsp3) is 0.0625. The van der Waals surface area contributed by atoms with Crippen molar-refractivity contribution in [3.8, 4) is 17.0 Å². The van der Waals surface area contributed by atoms with Gasteiger partial charge in [0.05, 0.1) is 22.9 Å². The molecule has 0 N–H and O–H groups in total. The zero-order chi connectivity index (χ0) is 13.9. The standard InChI is InChI=1S/C16H12N2O2/c1-11(19)20-16-9-5-2-6-12(16)15-10-17-13-7-3-4-8-14(13)18-15/h2-10H,1H3. The van der Waals surface area contributed by atoms with Crippen molar-refractivity contribution in [3.05, 3.63) is 54.7 Å². The summed E-state index contributed by atoms with van der Waals surface area (Å²) in [6.07, 6.45) is 1.69. The molecule has 0 bridgehead atoms. The summed E-state index contributed by atoms with van der Waals surface area (Å²) in [5.74, 6) is 0.135. The van der Waals surface area contributed by atoms with Crippen molar-refractivity contribution < 1.29 is 9.53 Å². The molecule has 20 heavy (non-hydrogen) atoms. The molecule has 0 aliphatic carbocycles. The Morgan fingerprint density at radius 3 is 2.50 bits per heavy atom. The van der Waals surface area contributed by atoms with E-state index >= 15 is 0 Å². The summed E-state index contributed by atoms with van der Waals surface area (Å²) in [4.78, 5) is 20.1. The number of benzene rings is 2. The highest BCUT2D eigenvalue weighted by atomic mass is 16.5. The predicted molar refractivity (Wildman–Crippen MR) is 76.3 cm³/mol. The van der Waals surface area contributed by atoms with Crippen LogP contribution in [0.15, 0.2) is 54.7 Å². The number of para-hydroxylation sites is 3. The third kappa shape index (κ3) is 2.36. The molecule has 0 aliphatic heterocycles. The molecule has 0 saturated carbocycles. The molecule has 0 amide bonds. The lowest BCUT2D eigenvalue weighted by Gasteiger charge is -2.08. The number of carbonyl (C=O) groups excluding carboxylic acids is 1. The lowest BCUT2D eigenvalue weighted by Crippen LogP contribution is -2.03. The zero-order valence-electron chi connectivity index (χ0n) is 10.9. The molecule has 0 radical (unpaired) electrons. The fourth-order valence-corrected chi connectivity index (χ4v) is 2.01. The van der Waals surface area contributed by atoms with Crippen LogP contribution in [-0.2, 0) is 4.79 Å². The summed E-state index contributed by atoms with van der Waals surface area (Å²) >= 11 is 0. The molecule has 0 fully saturated rings. The number of esters is 1. The second kappa shape index (κ2) is 5.09. The Morgan fingerprint density at radius 1 is 1.00 bits per heavy atom. The van der Waals surface area contributed by atoms with Gasteiger partial charge in [0, 0.05) is 12.5 Å². The molecule has 0 saturated heterocycles. The molecule has 3 aromatic rings. The SMILES string of the molecule is CC(=O)Oc1ccccc1-c1cnc2ccccc2n1. The van der Waals surface area contributed by atoms with Gasteiger partial charge in [-0.3, -0.25) is 9.78 Å². The highest BCUT2D eigenvalue weighted by Gasteiger charge is 2.10. The lowest BCUT2D eigenvalue weighted by molar-refractivity contribution is -0.131. The normalized spacial score (nSPS) is 10.4. The Labute approximate surface area is 116 Å². The van der Waals surface area contributed by atoms with Crippen molar-refractivity contribution in [2.24, 2.45) is 0 Å². The van der Waals surface area contributed by atoms with Crippen LogP contribution in [0, 0.1) is 0 Å². The van der Waals surface area contributed by atoms with Gasteiger partial charge in [-0.1, -0.05) is 24.3 Å². The molecule has 0 aliphatic rings. The summed E-state index contributed by atoms with van der Waals surface area (Å²) in [5, 5.41) is 0. The number of carbonyl (C=O) groups is 1. The van der Waals surface area contributed by atoms with E-state index < -0.39 is 0 Å². The largest absolute Gasteiger partial charge is 0.426 e. The first kappa shape index (κ1) is 12.3. The van der Waals surface area contributed by atoms with Gasteiger partial charge in [-0.2, -0.15) is 0 Å². The van der Waals surface area contributed by atoms with Crippen molar-refractivity contribution >= 4 is 17.0 Å². The van der Waals surface area contributed by atoms with Crippen molar-refractivity contribution in [2.45, 2.75) is 6.92 Å². The van der Waals surface area contributed by atoms with Crippen LogP contribution in [0.25, 0.3) is 22.3 Å². The maximum Gasteiger partial charge on any atom is 0.308 e. The van der Waals surface area contributed by atoms with E-state index in [2.05, 4.69) is 9.97 Å². The second-order valence-electron chi connectivity index (χ2n) is 4.33. The molecule has 0 spiro atoms. The molecule has 4 nitrogen and oxygen atoms in total. The minimum atomic E-state index is -0.355. The average Bonchev–Trinajstić information content (AvgIpc) is 2.47. The number of rotatable bonds is 2. The first-order valence-corrected chi connectivity index (χ1v) is 6.23. The number of nitrogens with zero attached hydrogens (tertiary/aromatic N) is 2. The van der Waals surface area contributed by atoms with Crippen molar-refractivity contribution in [3.63, 3.8) is 0 Å². The van der Waals surface area contributed by atoms with E-state index in [1.165, 1.54) is 6.92 Å². The van der Waals surface area contributed by atoms with Gasteiger partial charge in [-0.05, 0) is 24.3 Å². The van der Waals surface area contributed by atoms with Gasteiger partial charge < -0.3 is 4.74 Å². The molecule has 1 heterocycles. The van der Waals surface area contributed by atoms with Gasteiger partial charge in [0.25, 0.3) is 0 Å². The highest BCUT2D eigenvalue weighted by Crippen LogP contribution is 2.28. The van der Waals surface area contributed by atoms with Gasteiger partial charge in [0.15, 0.2) is 0 Å². The minimum absolute atomic E-state index is 0.355. The molecular weight excluding hydrogens is 252 g/mol. The third-order valence-corrected chi connectivity index (χ3v) is 2.87. The van der Waals surface area contributed by atoms with Crippen molar-refractivity contribution in [1.29, 1.82) is 0 Å². The maximum atomic E-state index is 11.2. The van der Waals surface area contributed by atoms with E-state index in [1.54, 1.807) is 12.3 Å². The molecule has 2 aromatic carbocycles. The van der Waals surface area contributed by atoms with Crippen LogP contribution in [0.1, 0.15) is 6.92 Å². The molecule has 0 atom stereocenters. The molecular formula is C16H12N2O2. The van der Waals surface area contributed by atoms with Crippen LogP contribution in [0.2, 0.25) is 0 Å². The maximum absolute atomic E-state index is 11.2. The van der Waals surface area contributed by atoms with Crippen LogP contribution in [-0.4, -0.2) is 15.9 Å². The van der Waals surface area contributed by atoms with Gasteiger partial charge in [-0.25, -0.2) is 4.98 Å². The Morgan fingerprint density at radius 2 is 1.70 bits per heavy atom. The van der Waals surface area contributed by atoms with Gasteiger partial charge in [-0.15, -0.1) is 0 Å². The number of aromatic nitrogens is 2. The van der Waals surface area contributed by atoms with Gasteiger partial charge in [0.1, 0.15) is 5.75 Å².